The van der Waals surface area contributed by atoms with E-state index in [1.54, 1.807) is 0 Å². The van der Waals surface area contributed by atoms with E-state index in [1.165, 1.54) is 25.1 Å². The first-order valence-corrected chi connectivity index (χ1v) is 5.29. The second-order valence-electron chi connectivity index (χ2n) is 3.72. The number of amides is 1. The van der Waals surface area contributed by atoms with Gasteiger partial charge in [-0.25, -0.2) is 0 Å². The lowest BCUT2D eigenvalue weighted by Gasteiger charge is -2.12. The Balaban J connectivity index is 2.90. The number of hydrogen-bond acceptors (Lipinski definition) is 5. The molecule has 0 spiro atoms. The maximum absolute atomic E-state index is 10.6. The zero-order valence-electron chi connectivity index (χ0n) is 9.83. The summed E-state index contributed by atoms with van der Waals surface area (Å²) in [6.45, 7) is 1.53. The number of benzene rings is 1. The number of non-ortho nitro benzene ring substituents is 1. The molecule has 0 bridgehead atoms. The molecule has 7 heteroatoms. The summed E-state index contributed by atoms with van der Waals surface area (Å²) >= 11 is 0. The zero-order chi connectivity index (χ0) is 13.7. The van der Waals surface area contributed by atoms with E-state index in [0.717, 1.165) is 0 Å². The minimum atomic E-state index is -0.909. The van der Waals surface area contributed by atoms with Crippen LogP contribution in [0.2, 0.25) is 0 Å². The topological polar surface area (TPSA) is 116 Å². The summed E-state index contributed by atoms with van der Waals surface area (Å²) in [4.78, 5) is 20.6. The molecule has 0 heterocycles. The Morgan fingerprint density at radius 2 is 2.28 bits per heavy atom. The van der Waals surface area contributed by atoms with E-state index in [-0.39, 0.29) is 18.7 Å². The van der Waals surface area contributed by atoms with Gasteiger partial charge in [0.2, 0.25) is 5.91 Å². The van der Waals surface area contributed by atoms with Crippen LogP contribution in [-0.2, 0) is 4.79 Å². The summed E-state index contributed by atoms with van der Waals surface area (Å²) in [5, 5.41) is 20.1. The number of carbonyl (C=O) groups is 1. The molecule has 1 amide bonds. The minimum Gasteiger partial charge on any atom is -0.493 e. The van der Waals surface area contributed by atoms with Crippen LogP contribution >= 0.6 is 0 Å². The SMILES string of the molecule is C[C@@H](O)c1cc([N+](=O)[O-])ccc1OCCC(N)=O. The summed E-state index contributed by atoms with van der Waals surface area (Å²) in [6.07, 6.45) is -0.871. The van der Waals surface area contributed by atoms with Crippen LogP contribution in [0.5, 0.6) is 5.75 Å². The lowest BCUT2D eigenvalue weighted by molar-refractivity contribution is -0.385. The predicted molar refractivity (Wildman–Crippen MR) is 63.0 cm³/mol. The summed E-state index contributed by atoms with van der Waals surface area (Å²) in [5.41, 5.74) is 5.13. The Kier molecular flexibility index (Phi) is 4.61. The number of ether oxygens (including phenoxy) is 1. The van der Waals surface area contributed by atoms with Crippen LogP contribution in [0.15, 0.2) is 18.2 Å². The summed E-state index contributed by atoms with van der Waals surface area (Å²) in [6, 6.07) is 3.90. The maximum atomic E-state index is 10.6. The van der Waals surface area contributed by atoms with Crippen molar-refractivity contribution < 1.29 is 19.6 Å². The highest BCUT2D eigenvalue weighted by atomic mass is 16.6. The van der Waals surface area contributed by atoms with Crippen molar-refractivity contribution in [3.63, 3.8) is 0 Å². The van der Waals surface area contributed by atoms with E-state index in [4.69, 9.17) is 10.5 Å². The van der Waals surface area contributed by atoms with Crippen LogP contribution in [0.4, 0.5) is 5.69 Å². The van der Waals surface area contributed by atoms with Crippen LogP contribution in [0.1, 0.15) is 25.0 Å². The van der Waals surface area contributed by atoms with Crippen molar-refractivity contribution in [2.75, 3.05) is 6.61 Å². The lowest BCUT2D eigenvalue weighted by atomic mass is 10.1. The summed E-state index contributed by atoms with van der Waals surface area (Å²) < 4.78 is 5.26. The molecule has 18 heavy (non-hydrogen) atoms. The highest BCUT2D eigenvalue weighted by Crippen LogP contribution is 2.29. The fourth-order valence-electron chi connectivity index (χ4n) is 1.37. The summed E-state index contributed by atoms with van der Waals surface area (Å²) in [5.74, 6) is -0.202. The fourth-order valence-corrected chi connectivity index (χ4v) is 1.37. The molecule has 0 unspecified atom stereocenters. The third-order valence-corrected chi connectivity index (χ3v) is 2.26. The molecule has 0 aliphatic carbocycles. The van der Waals surface area contributed by atoms with Gasteiger partial charge in [-0.1, -0.05) is 0 Å². The normalized spacial score (nSPS) is 11.9. The van der Waals surface area contributed by atoms with Crippen LogP contribution < -0.4 is 10.5 Å². The largest absolute Gasteiger partial charge is 0.493 e. The minimum absolute atomic E-state index is 0.0379. The van der Waals surface area contributed by atoms with Gasteiger partial charge in [0.05, 0.1) is 24.1 Å². The molecule has 0 radical (unpaired) electrons. The molecular formula is C11H14N2O5. The van der Waals surface area contributed by atoms with Gasteiger partial charge < -0.3 is 15.6 Å². The number of aliphatic hydroxyl groups is 1. The number of primary amides is 1. The van der Waals surface area contributed by atoms with Crippen molar-refractivity contribution in [3.8, 4) is 5.75 Å². The monoisotopic (exact) mass is 254 g/mol. The van der Waals surface area contributed by atoms with Crippen molar-refractivity contribution in [1.82, 2.24) is 0 Å². The van der Waals surface area contributed by atoms with Gasteiger partial charge in [0.25, 0.3) is 5.69 Å². The Morgan fingerprint density at radius 3 is 2.78 bits per heavy atom. The fraction of sp³-hybridized carbons (Fsp3) is 0.364. The van der Waals surface area contributed by atoms with E-state index in [1.807, 2.05) is 0 Å². The molecule has 1 aromatic carbocycles. The number of nitro groups is 1. The molecule has 3 N–H and O–H groups in total. The molecule has 7 nitrogen and oxygen atoms in total. The number of nitrogens with zero attached hydrogens (tertiary/aromatic N) is 1. The standard InChI is InChI=1S/C11H14N2O5/c1-7(14)9-6-8(13(16)17)2-3-10(9)18-5-4-11(12)15/h2-3,6-7,14H,4-5H2,1H3,(H2,12,15)/t7-/m1/s1. The number of carbonyl (C=O) groups excluding carboxylic acids is 1. The Morgan fingerprint density at radius 1 is 1.61 bits per heavy atom. The number of hydrogen-bond donors (Lipinski definition) is 2. The molecule has 1 aromatic rings. The molecule has 0 aliphatic rings. The highest BCUT2D eigenvalue weighted by Gasteiger charge is 2.15. The summed E-state index contributed by atoms with van der Waals surface area (Å²) in [7, 11) is 0. The van der Waals surface area contributed by atoms with Gasteiger partial charge in [0.1, 0.15) is 5.75 Å². The van der Waals surface area contributed by atoms with E-state index in [9.17, 15) is 20.0 Å². The van der Waals surface area contributed by atoms with Crippen LogP contribution in [-0.4, -0.2) is 22.5 Å². The molecule has 0 aliphatic heterocycles. The quantitative estimate of drug-likeness (QED) is 0.578. The number of nitrogens with two attached hydrogens (primary N) is 1. The van der Waals surface area contributed by atoms with Crippen LogP contribution in [0.25, 0.3) is 0 Å². The first kappa shape index (κ1) is 13.9. The Labute approximate surface area is 103 Å². The molecule has 0 aromatic heterocycles. The molecule has 1 rings (SSSR count). The Hall–Kier alpha value is -2.15. The van der Waals surface area contributed by atoms with Gasteiger partial charge in [0.15, 0.2) is 0 Å². The molecule has 1 atom stereocenters. The number of rotatable bonds is 6. The first-order chi connectivity index (χ1) is 8.41. The van der Waals surface area contributed by atoms with E-state index < -0.39 is 16.9 Å². The van der Waals surface area contributed by atoms with Gasteiger partial charge in [0, 0.05) is 17.7 Å². The van der Waals surface area contributed by atoms with Crippen LogP contribution in [0, 0.1) is 10.1 Å². The van der Waals surface area contributed by atoms with Gasteiger partial charge in [-0.05, 0) is 13.0 Å². The Bertz CT molecular complexity index is 459. The number of nitro benzene ring substituents is 1. The molecule has 0 saturated heterocycles. The van der Waals surface area contributed by atoms with Gasteiger partial charge in [-0.15, -0.1) is 0 Å². The third kappa shape index (κ3) is 3.70. The number of aliphatic hydroxyl groups excluding tert-OH is 1. The van der Waals surface area contributed by atoms with Crippen molar-refractivity contribution in [1.29, 1.82) is 0 Å². The van der Waals surface area contributed by atoms with Crippen molar-refractivity contribution in [3.05, 3.63) is 33.9 Å². The van der Waals surface area contributed by atoms with Crippen molar-refractivity contribution >= 4 is 11.6 Å². The predicted octanol–water partition coefficient (Wildman–Crippen LogP) is 0.902. The van der Waals surface area contributed by atoms with Gasteiger partial charge in [-0.2, -0.15) is 0 Å². The second kappa shape index (κ2) is 5.97. The molecule has 0 saturated carbocycles. The van der Waals surface area contributed by atoms with E-state index in [0.29, 0.717) is 11.3 Å². The van der Waals surface area contributed by atoms with Gasteiger partial charge >= 0.3 is 0 Å². The molecule has 0 fully saturated rings. The second-order valence-corrected chi connectivity index (χ2v) is 3.72. The highest BCUT2D eigenvalue weighted by molar-refractivity contribution is 5.73. The molecular weight excluding hydrogens is 240 g/mol. The van der Waals surface area contributed by atoms with E-state index >= 15 is 0 Å². The van der Waals surface area contributed by atoms with Crippen molar-refractivity contribution in [2.24, 2.45) is 5.73 Å². The van der Waals surface area contributed by atoms with Crippen molar-refractivity contribution in [2.45, 2.75) is 19.4 Å². The smallest absolute Gasteiger partial charge is 0.270 e. The third-order valence-electron chi connectivity index (χ3n) is 2.26. The van der Waals surface area contributed by atoms with Crippen LogP contribution in [0.3, 0.4) is 0 Å². The van der Waals surface area contributed by atoms with Gasteiger partial charge in [-0.3, -0.25) is 14.9 Å². The average Bonchev–Trinajstić information content (AvgIpc) is 2.28. The first-order valence-electron chi connectivity index (χ1n) is 5.29. The molecule has 98 valence electrons. The zero-order valence-corrected chi connectivity index (χ0v) is 9.83. The van der Waals surface area contributed by atoms with E-state index in [2.05, 4.69) is 0 Å². The maximum Gasteiger partial charge on any atom is 0.270 e. The lowest BCUT2D eigenvalue weighted by Crippen LogP contribution is -2.15. The average molecular weight is 254 g/mol.